The summed E-state index contributed by atoms with van der Waals surface area (Å²) in [4.78, 5) is 20.5. The molecular weight excluding hydrogens is 274 g/mol. The number of benzene rings is 1. The average Bonchev–Trinajstić information content (AvgIpc) is 3.03. The number of carbonyl (C=O) groups excluding carboxylic acids is 1. The van der Waals surface area contributed by atoms with Gasteiger partial charge in [-0.2, -0.15) is 0 Å². The lowest BCUT2D eigenvalue weighted by atomic mass is 10.1. The molecule has 3 rings (SSSR count). The monoisotopic (exact) mass is 299 g/mol. The molecule has 0 aliphatic carbocycles. The van der Waals surface area contributed by atoms with Gasteiger partial charge in [-0.25, -0.2) is 0 Å². The van der Waals surface area contributed by atoms with E-state index in [1.807, 2.05) is 18.9 Å². The zero-order valence-electron chi connectivity index (χ0n) is 14.2. The molecule has 4 nitrogen and oxygen atoms in total. The summed E-state index contributed by atoms with van der Waals surface area (Å²) in [7, 11) is 4.04. The first-order valence-electron chi connectivity index (χ1n) is 7.93. The zero-order chi connectivity index (χ0) is 16.0. The zero-order valence-corrected chi connectivity index (χ0v) is 14.2. The lowest BCUT2D eigenvalue weighted by molar-refractivity contribution is 0.0732. The van der Waals surface area contributed by atoms with E-state index in [4.69, 9.17) is 0 Å². The molecule has 118 valence electrons. The van der Waals surface area contributed by atoms with Crippen LogP contribution in [0.2, 0.25) is 0 Å². The molecule has 22 heavy (non-hydrogen) atoms. The van der Waals surface area contributed by atoms with Crippen LogP contribution < -0.4 is 0 Å². The lowest BCUT2D eigenvalue weighted by Gasteiger charge is -2.24. The van der Waals surface area contributed by atoms with Crippen molar-refractivity contribution in [1.82, 2.24) is 14.8 Å². The molecule has 1 N–H and O–H groups in total. The summed E-state index contributed by atoms with van der Waals surface area (Å²) in [6.45, 7) is 8.25. The molecular formula is C18H25N3O. The van der Waals surface area contributed by atoms with Crippen molar-refractivity contribution in [1.29, 1.82) is 0 Å². The van der Waals surface area contributed by atoms with E-state index in [1.165, 1.54) is 11.1 Å². The maximum Gasteiger partial charge on any atom is 0.270 e. The second kappa shape index (κ2) is 5.43. The molecule has 0 radical (unpaired) electrons. The number of likely N-dealkylation sites (tertiary alicyclic amines) is 1. The molecule has 1 aromatic carbocycles. The van der Waals surface area contributed by atoms with Crippen LogP contribution in [0.3, 0.4) is 0 Å². The Balaban J connectivity index is 1.97. The van der Waals surface area contributed by atoms with Gasteiger partial charge in [0.1, 0.15) is 5.69 Å². The molecule has 2 heterocycles. The number of aryl methyl sites for hydroxylation is 3. The predicted molar refractivity (Wildman–Crippen MR) is 90.5 cm³/mol. The molecule has 0 bridgehead atoms. The molecule has 1 atom stereocenters. The van der Waals surface area contributed by atoms with Crippen LogP contribution in [0.1, 0.15) is 33.6 Å². The van der Waals surface area contributed by atoms with Crippen LogP contribution in [0.4, 0.5) is 0 Å². The van der Waals surface area contributed by atoms with Gasteiger partial charge < -0.3 is 14.8 Å². The highest BCUT2D eigenvalue weighted by atomic mass is 16.2. The second-order valence-corrected chi connectivity index (χ2v) is 6.75. The first-order chi connectivity index (χ1) is 10.4. The minimum Gasteiger partial charge on any atom is -0.350 e. The predicted octanol–water partition coefficient (Wildman–Crippen LogP) is 2.87. The van der Waals surface area contributed by atoms with Crippen LogP contribution in [0.5, 0.6) is 0 Å². The van der Waals surface area contributed by atoms with Crippen LogP contribution in [0, 0.1) is 20.8 Å². The number of rotatable bonds is 2. The Kier molecular flexibility index (Phi) is 3.73. The van der Waals surface area contributed by atoms with E-state index >= 15 is 0 Å². The fourth-order valence-corrected chi connectivity index (χ4v) is 3.57. The highest BCUT2D eigenvalue weighted by molar-refractivity contribution is 6.01. The number of likely N-dealkylation sites (N-methyl/N-ethyl adjacent to an activating group) is 2. The van der Waals surface area contributed by atoms with Crippen LogP contribution in [0.15, 0.2) is 12.1 Å². The van der Waals surface area contributed by atoms with Gasteiger partial charge >= 0.3 is 0 Å². The molecule has 1 aliphatic heterocycles. The van der Waals surface area contributed by atoms with Crippen molar-refractivity contribution in [3.8, 4) is 0 Å². The van der Waals surface area contributed by atoms with Gasteiger partial charge in [-0.1, -0.05) is 11.6 Å². The van der Waals surface area contributed by atoms with Crippen molar-refractivity contribution in [2.24, 2.45) is 0 Å². The Hall–Kier alpha value is -1.81. The van der Waals surface area contributed by atoms with Gasteiger partial charge in [0.15, 0.2) is 0 Å². The third kappa shape index (κ3) is 2.41. The fourth-order valence-electron chi connectivity index (χ4n) is 3.57. The van der Waals surface area contributed by atoms with E-state index in [1.54, 1.807) is 0 Å². The number of aromatic nitrogens is 1. The SMILES string of the molecule is Cc1cc(C)c2[nH]c(C(=O)N(C)[C@@H]3CCN(C)C3)c(C)c2c1. The third-order valence-electron chi connectivity index (χ3n) is 4.96. The van der Waals surface area contributed by atoms with Crippen molar-refractivity contribution in [2.45, 2.75) is 33.2 Å². The van der Waals surface area contributed by atoms with Crippen molar-refractivity contribution in [2.75, 3.05) is 27.2 Å². The number of H-pyrrole nitrogens is 1. The minimum absolute atomic E-state index is 0.103. The third-order valence-corrected chi connectivity index (χ3v) is 4.96. The standard InChI is InChI=1S/C18H25N3O/c1-11-8-12(2)16-15(9-11)13(3)17(19-16)18(22)21(5)14-6-7-20(4)10-14/h8-9,14,19H,6-7,10H2,1-5H3/t14-/m1/s1. The number of carbonyl (C=O) groups is 1. The van der Waals surface area contributed by atoms with Gasteiger partial charge in [0.2, 0.25) is 0 Å². The van der Waals surface area contributed by atoms with Gasteiger partial charge in [0, 0.05) is 30.5 Å². The molecule has 0 unspecified atom stereocenters. The van der Waals surface area contributed by atoms with E-state index < -0.39 is 0 Å². The summed E-state index contributed by atoms with van der Waals surface area (Å²) in [5.41, 5.74) is 5.31. The lowest BCUT2D eigenvalue weighted by Crippen LogP contribution is -2.39. The summed E-state index contributed by atoms with van der Waals surface area (Å²) in [5, 5.41) is 1.16. The van der Waals surface area contributed by atoms with Gasteiger partial charge in [-0.15, -0.1) is 0 Å². The number of hydrogen-bond acceptors (Lipinski definition) is 2. The number of nitrogens with one attached hydrogen (secondary N) is 1. The average molecular weight is 299 g/mol. The van der Waals surface area contributed by atoms with Gasteiger partial charge in [0.25, 0.3) is 5.91 Å². The number of amides is 1. The minimum atomic E-state index is 0.103. The maximum atomic E-state index is 12.9. The van der Waals surface area contributed by atoms with Gasteiger partial charge in [-0.3, -0.25) is 4.79 Å². The molecule has 1 amide bonds. The van der Waals surface area contributed by atoms with Gasteiger partial charge in [0.05, 0.1) is 0 Å². The summed E-state index contributed by atoms with van der Waals surface area (Å²) in [6, 6.07) is 4.63. The van der Waals surface area contributed by atoms with E-state index in [0.717, 1.165) is 41.7 Å². The summed E-state index contributed by atoms with van der Waals surface area (Å²) >= 11 is 0. The van der Waals surface area contributed by atoms with Crippen molar-refractivity contribution in [3.63, 3.8) is 0 Å². The number of nitrogens with zero attached hydrogens (tertiary/aromatic N) is 2. The Labute approximate surface area is 132 Å². The first-order valence-corrected chi connectivity index (χ1v) is 7.93. The molecule has 4 heteroatoms. The Morgan fingerprint density at radius 1 is 1.32 bits per heavy atom. The van der Waals surface area contributed by atoms with E-state index in [0.29, 0.717) is 6.04 Å². The first kappa shape index (κ1) is 15.1. The van der Waals surface area contributed by atoms with E-state index in [-0.39, 0.29) is 5.91 Å². The van der Waals surface area contributed by atoms with Crippen molar-refractivity contribution in [3.05, 3.63) is 34.5 Å². The highest BCUT2D eigenvalue weighted by Gasteiger charge is 2.28. The Morgan fingerprint density at radius 2 is 2.05 bits per heavy atom. The Bertz CT molecular complexity index is 731. The quantitative estimate of drug-likeness (QED) is 0.926. The van der Waals surface area contributed by atoms with Crippen LogP contribution in [-0.2, 0) is 0 Å². The molecule has 1 fully saturated rings. The summed E-state index contributed by atoms with van der Waals surface area (Å²) in [5.74, 6) is 0.103. The molecule has 0 saturated carbocycles. The second-order valence-electron chi connectivity index (χ2n) is 6.75. The Morgan fingerprint density at radius 3 is 2.68 bits per heavy atom. The number of aromatic amines is 1. The summed E-state index contributed by atoms with van der Waals surface area (Å²) < 4.78 is 0. The van der Waals surface area contributed by atoms with Crippen LogP contribution in [-0.4, -0.2) is 53.9 Å². The largest absolute Gasteiger partial charge is 0.350 e. The van der Waals surface area contributed by atoms with Crippen LogP contribution in [0.25, 0.3) is 10.9 Å². The van der Waals surface area contributed by atoms with E-state index in [9.17, 15) is 4.79 Å². The van der Waals surface area contributed by atoms with E-state index in [2.05, 4.69) is 42.9 Å². The summed E-state index contributed by atoms with van der Waals surface area (Å²) in [6.07, 6.45) is 1.05. The topological polar surface area (TPSA) is 39.3 Å². The fraction of sp³-hybridized carbons (Fsp3) is 0.500. The molecule has 1 aromatic heterocycles. The van der Waals surface area contributed by atoms with Crippen LogP contribution >= 0.6 is 0 Å². The van der Waals surface area contributed by atoms with Crippen molar-refractivity contribution < 1.29 is 4.79 Å². The normalized spacial score (nSPS) is 19.0. The van der Waals surface area contributed by atoms with Crippen molar-refractivity contribution >= 4 is 16.8 Å². The maximum absolute atomic E-state index is 12.9. The molecule has 2 aromatic rings. The highest BCUT2D eigenvalue weighted by Crippen LogP contribution is 2.27. The molecule has 0 spiro atoms. The van der Waals surface area contributed by atoms with Gasteiger partial charge in [-0.05, 0) is 58.0 Å². The number of hydrogen-bond donors (Lipinski definition) is 1. The smallest absolute Gasteiger partial charge is 0.270 e. The number of fused-ring (bicyclic) bond motifs is 1. The molecule has 1 aliphatic rings. The molecule has 1 saturated heterocycles.